The Balaban J connectivity index is 1.71. The summed E-state index contributed by atoms with van der Waals surface area (Å²) in [5.41, 5.74) is 1.62. The molecule has 0 bridgehead atoms. The van der Waals surface area contributed by atoms with E-state index in [1.165, 1.54) is 20.2 Å². The van der Waals surface area contributed by atoms with Crippen LogP contribution in [0, 0.1) is 0 Å². The number of carbonyl (C=O) groups excluding carboxylic acids is 1. The maximum Gasteiger partial charge on any atom is 0.279 e. The third-order valence-electron chi connectivity index (χ3n) is 4.47. The van der Waals surface area contributed by atoms with Gasteiger partial charge in [-0.3, -0.25) is 14.4 Å². The zero-order valence-electron chi connectivity index (χ0n) is 15.4. The van der Waals surface area contributed by atoms with Gasteiger partial charge >= 0.3 is 0 Å². The number of aromatic amines is 2. The molecular weight excluding hydrogens is 462 g/mol. The van der Waals surface area contributed by atoms with Crippen molar-refractivity contribution in [1.29, 1.82) is 0 Å². The van der Waals surface area contributed by atoms with Crippen LogP contribution in [-0.2, 0) is 19.6 Å². The third kappa shape index (κ3) is 3.21. The summed E-state index contributed by atoms with van der Waals surface area (Å²) in [5.74, 6) is -0.338. The Kier molecular flexibility index (Phi) is 4.71. The number of imidazole rings is 1. The van der Waals surface area contributed by atoms with Gasteiger partial charge in [0.1, 0.15) is 0 Å². The first-order chi connectivity index (χ1) is 13.8. The molecule has 1 aliphatic rings. The second kappa shape index (κ2) is 7.08. The summed E-state index contributed by atoms with van der Waals surface area (Å²) in [6.07, 6.45) is 1.55. The van der Waals surface area contributed by atoms with Crippen LogP contribution >= 0.6 is 15.9 Å². The molecule has 0 atom stereocenters. The minimum absolute atomic E-state index is 0.0773. The van der Waals surface area contributed by atoms with E-state index in [2.05, 4.69) is 36.2 Å². The highest BCUT2D eigenvalue weighted by atomic mass is 79.9. The molecular formula is C18H16BrN5O4S. The Bertz CT molecular complexity index is 1240. The minimum Gasteiger partial charge on any atom is -0.494 e. The molecule has 0 saturated heterocycles. The van der Waals surface area contributed by atoms with Gasteiger partial charge in [0.15, 0.2) is 11.5 Å². The summed E-state index contributed by atoms with van der Waals surface area (Å²) in [7, 11) is -1.19. The molecule has 2 aromatic heterocycles. The predicted octanol–water partition coefficient (Wildman–Crippen LogP) is 2.76. The van der Waals surface area contributed by atoms with Crippen molar-refractivity contribution in [3.05, 3.63) is 58.5 Å². The molecule has 9 nitrogen and oxygen atoms in total. The Labute approximate surface area is 175 Å². The van der Waals surface area contributed by atoms with Crippen molar-refractivity contribution < 1.29 is 17.9 Å². The number of sulfonamides is 1. The van der Waals surface area contributed by atoms with Crippen molar-refractivity contribution in [2.75, 3.05) is 19.5 Å². The second-order valence-electron chi connectivity index (χ2n) is 6.17. The number of ether oxygens (including phenoxy) is 1. The number of anilines is 1. The smallest absolute Gasteiger partial charge is 0.279 e. The fourth-order valence-electron chi connectivity index (χ4n) is 3.08. The van der Waals surface area contributed by atoms with Gasteiger partial charge in [-0.2, -0.15) is 0 Å². The van der Waals surface area contributed by atoms with E-state index in [1.807, 2.05) is 12.1 Å². The van der Waals surface area contributed by atoms with Crippen molar-refractivity contribution in [1.82, 2.24) is 19.3 Å². The average molecular weight is 478 g/mol. The number of carbonyl (C=O) groups is 1. The van der Waals surface area contributed by atoms with E-state index in [-0.39, 0.29) is 22.3 Å². The van der Waals surface area contributed by atoms with Gasteiger partial charge < -0.3 is 14.7 Å². The molecule has 0 spiro atoms. The van der Waals surface area contributed by atoms with Gasteiger partial charge in [0.05, 0.1) is 34.2 Å². The molecule has 1 amide bonds. The van der Waals surface area contributed by atoms with Crippen LogP contribution in [-0.4, -0.2) is 47.7 Å². The SMILES string of the molecule is COC1=C(C(=O)Nc2ncc(-c3ccc(Br)[nH]3)[nH]2)N(C)S(=O)(=O)c2ccccc21. The van der Waals surface area contributed by atoms with Crippen LogP contribution in [0.5, 0.6) is 0 Å². The molecule has 0 radical (unpaired) electrons. The zero-order valence-corrected chi connectivity index (χ0v) is 17.8. The van der Waals surface area contributed by atoms with Gasteiger partial charge in [0, 0.05) is 12.6 Å². The number of nitrogens with zero attached hydrogens (tertiary/aromatic N) is 2. The normalized spacial score (nSPS) is 15.2. The Morgan fingerprint density at radius 3 is 2.62 bits per heavy atom. The molecule has 11 heteroatoms. The number of aromatic nitrogens is 3. The topological polar surface area (TPSA) is 120 Å². The lowest BCUT2D eigenvalue weighted by molar-refractivity contribution is -0.113. The number of likely N-dealkylation sites (N-methyl/N-ethyl adjacent to an activating group) is 1. The first kappa shape index (κ1) is 19.3. The van der Waals surface area contributed by atoms with Gasteiger partial charge in [-0.15, -0.1) is 0 Å². The molecule has 1 aliphatic heterocycles. The van der Waals surface area contributed by atoms with Crippen molar-refractivity contribution in [2.45, 2.75) is 4.90 Å². The Hall–Kier alpha value is -3.05. The summed E-state index contributed by atoms with van der Waals surface area (Å²) >= 11 is 3.33. The van der Waals surface area contributed by atoms with Crippen LogP contribution < -0.4 is 5.32 Å². The van der Waals surface area contributed by atoms with E-state index in [9.17, 15) is 13.2 Å². The minimum atomic E-state index is -3.89. The summed E-state index contributed by atoms with van der Waals surface area (Å²) in [4.78, 5) is 23.2. The molecule has 0 fully saturated rings. The average Bonchev–Trinajstić information content (AvgIpc) is 3.33. The lowest BCUT2D eigenvalue weighted by Crippen LogP contribution is -2.37. The molecule has 0 aliphatic carbocycles. The van der Waals surface area contributed by atoms with Crippen LogP contribution in [0.1, 0.15) is 5.56 Å². The summed E-state index contributed by atoms with van der Waals surface area (Å²) in [5, 5.41) is 2.60. The number of rotatable bonds is 4. The molecule has 29 heavy (non-hydrogen) atoms. The lowest BCUT2D eigenvalue weighted by atomic mass is 10.1. The molecule has 3 N–H and O–H groups in total. The number of H-pyrrole nitrogens is 2. The number of benzene rings is 1. The predicted molar refractivity (Wildman–Crippen MR) is 110 cm³/mol. The van der Waals surface area contributed by atoms with E-state index in [1.54, 1.807) is 24.4 Å². The van der Waals surface area contributed by atoms with Crippen molar-refractivity contribution >= 4 is 43.6 Å². The summed E-state index contributed by atoms with van der Waals surface area (Å²) in [6, 6.07) is 10.0. The lowest BCUT2D eigenvalue weighted by Gasteiger charge is -2.29. The second-order valence-corrected chi connectivity index (χ2v) is 8.96. The maximum atomic E-state index is 13.0. The molecule has 1 aromatic carbocycles. The van der Waals surface area contributed by atoms with Crippen molar-refractivity contribution in [2.24, 2.45) is 0 Å². The molecule has 0 unspecified atom stereocenters. The van der Waals surface area contributed by atoms with E-state index >= 15 is 0 Å². The highest BCUT2D eigenvalue weighted by Gasteiger charge is 2.38. The first-order valence-corrected chi connectivity index (χ1v) is 10.6. The number of hydrogen-bond donors (Lipinski definition) is 3. The highest BCUT2D eigenvalue weighted by Crippen LogP contribution is 2.36. The molecule has 3 heterocycles. The van der Waals surface area contributed by atoms with E-state index < -0.39 is 15.9 Å². The first-order valence-electron chi connectivity index (χ1n) is 8.40. The number of amides is 1. The van der Waals surface area contributed by atoms with Gasteiger partial charge in [0.2, 0.25) is 5.95 Å². The van der Waals surface area contributed by atoms with Crippen LogP contribution in [0.15, 0.2) is 57.8 Å². The monoisotopic (exact) mass is 477 g/mol. The van der Waals surface area contributed by atoms with Gasteiger partial charge in [-0.1, -0.05) is 12.1 Å². The van der Waals surface area contributed by atoms with Gasteiger partial charge in [0.25, 0.3) is 15.9 Å². The standard InChI is InChI=1S/C18H16BrN5O4S/c1-24-15(16(28-2)10-5-3-4-6-13(10)29(24,26)27)17(25)23-18-20-9-12(22-18)11-7-8-14(19)21-11/h3-9,21H,1-2H3,(H2,20,22,23,25). The quantitative estimate of drug-likeness (QED) is 0.533. The van der Waals surface area contributed by atoms with Crippen LogP contribution in [0.4, 0.5) is 5.95 Å². The van der Waals surface area contributed by atoms with E-state index in [4.69, 9.17) is 4.74 Å². The number of nitrogens with one attached hydrogen (secondary N) is 3. The van der Waals surface area contributed by atoms with Gasteiger partial charge in [-0.25, -0.2) is 13.4 Å². The fraction of sp³-hybridized carbons (Fsp3) is 0.111. The van der Waals surface area contributed by atoms with Crippen molar-refractivity contribution in [3.63, 3.8) is 0 Å². The number of halogens is 1. The molecule has 0 saturated carbocycles. The van der Waals surface area contributed by atoms with Crippen LogP contribution in [0.25, 0.3) is 17.1 Å². The molecule has 150 valence electrons. The highest BCUT2D eigenvalue weighted by molar-refractivity contribution is 9.10. The van der Waals surface area contributed by atoms with E-state index in [0.717, 1.165) is 14.6 Å². The van der Waals surface area contributed by atoms with Crippen LogP contribution in [0.2, 0.25) is 0 Å². The van der Waals surface area contributed by atoms with Crippen molar-refractivity contribution in [3.8, 4) is 11.4 Å². The Morgan fingerprint density at radius 1 is 1.17 bits per heavy atom. The molecule has 4 rings (SSSR count). The summed E-state index contributed by atoms with van der Waals surface area (Å²) < 4.78 is 32.8. The van der Waals surface area contributed by atoms with Crippen LogP contribution in [0.3, 0.4) is 0 Å². The molecule has 3 aromatic rings. The third-order valence-corrected chi connectivity index (χ3v) is 6.75. The number of fused-ring (bicyclic) bond motifs is 1. The van der Waals surface area contributed by atoms with Gasteiger partial charge in [-0.05, 0) is 40.2 Å². The zero-order chi connectivity index (χ0) is 20.8. The number of hydrogen-bond acceptors (Lipinski definition) is 5. The van der Waals surface area contributed by atoms with E-state index in [0.29, 0.717) is 11.3 Å². The fourth-order valence-corrected chi connectivity index (χ4v) is 4.82. The number of methoxy groups -OCH3 is 1. The Morgan fingerprint density at radius 2 is 1.93 bits per heavy atom. The largest absolute Gasteiger partial charge is 0.494 e. The maximum absolute atomic E-state index is 13.0. The summed E-state index contributed by atoms with van der Waals surface area (Å²) in [6.45, 7) is 0.